The molecule has 0 spiro atoms. The Hall–Kier alpha value is -1.14. The van der Waals surface area contributed by atoms with Gasteiger partial charge < -0.3 is 15.2 Å². The van der Waals surface area contributed by atoms with Gasteiger partial charge in [0.25, 0.3) is 0 Å². The highest BCUT2D eigenvalue weighted by molar-refractivity contribution is 9.10. The quantitative estimate of drug-likeness (QED) is 0.892. The van der Waals surface area contributed by atoms with Gasteiger partial charge in [-0.15, -0.1) is 0 Å². The van der Waals surface area contributed by atoms with Gasteiger partial charge in [0.05, 0.1) is 6.61 Å². The minimum atomic E-state index is -0.985. The number of aromatic carboxylic acids is 1. The van der Waals surface area contributed by atoms with Crippen molar-refractivity contribution in [3.05, 3.63) is 22.3 Å². The molecule has 0 aliphatic carbocycles. The Morgan fingerprint density at radius 3 is 3.11 bits per heavy atom. The lowest BCUT2D eigenvalue weighted by molar-refractivity contribution is 0.0697. The standard InChI is InChI=1S/C12H15BrN2O3/c1-7(8-2-3-18-6-8)15-11-10(12(16)17)4-9(13)5-14-11/h4-5,7-8H,2-3,6H2,1H3,(H,14,15)(H,16,17). The molecule has 0 aromatic carbocycles. The summed E-state index contributed by atoms with van der Waals surface area (Å²) in [7, 11) is 0. The van der Waals surface area contributed by atoms with Crippen LogP contribution in [-0.2, 0) is 4.74 Å². The Morgan fingerprint density at radius 2 is 2.50 bits per heavy atom. The van der Waals surface area contributed by atoms with E-state index in [0.717, 1.165) is 13.0 Å². The van der Waals surface area contributed by atoms with Crippen molar-refractivity contribution < 1.29 is 14.6 Å². The van der Waals surface area contributed by atoms with Crippen molar-refractivity contribution in [1.82, 2.24) is 4.98 Å². The molecule has 1 fully saturated rings. The van der Waals surface area contributed by atoms with Crippen LogP contribution in [0.25, 0.3) is 0 Å². The molecule has 0 saturated carbocycles. The molecule has 0 radical (unpaired) electrons. The summed E-state index contributed by atoms with van der Waals surface area (Å²) >= 11 is 3.22. The molecule has 98 valence electrons. The Balaban J connectivity index is 2.15. The molecule has 6 heteroatoms. The summed E-state index contributed by atoms with van der Waals surface area (Å²) in [6.45, 7) is 3.51. The second kappa shape index (κ2) is 5.67. The lowest BCUT2D eigenvalue weighted by Crippen LogP contribution is -2.27. The molecule has 1 aliphatic rings. The topological polar surface area (TPSA) is 71.5 Å². The molecule has 2 atom stereocenters. The third-order valence-electron chi connectivity index (χ3n) is 3.12. The molecule has 1 aromatic rings. The van der Waals surface area contributed by atoms with Gasteiger partial charge in [-0.05, 0) is 35.3 Å². The maximum Gasteiger partial charge on any atom is 0.339 e. The van der Waals surface area contributed by atoms with Crippen molar-refractivity contribution >= 4 is 27.7 Å². The summed E-state index contributed by atoms with van der Waals surface area (Å²) in [6.07, 6.45) is 2.58. The summed E-state index contributed by atoms with van der Waals surface area (Å²) in [5, 5.41) is 12.3. The van der Waals surface area contributed by atoms with Crippen molar-refractivity contribution in [1.29, 1.82) is 0 Å². The summed E-state index contributed by atoms with van der Waals surface area (Å²) < 4.78 is 5.98. The number of hydrogen-bond donors (Lipinski definition) is 2. The summed E-state index contributed by atoms with van der Waals surface area (Å²) in [4.78, 5) is 15.3. The van der Waals surface area contributed by atoms with Crippen molar-refractivity contribution in [3.63, 3.8) is 0 Å². The number of hydrogen-bond acceptors (Lipinski definition) is 4. The molecular formula is C12H15BrN2O3. The number of carboxylic acid groups (broad SMARTS) is 1. The Kier molecular flexibility index (Phi) is 4.19. The third-order valence-corrected chi connectivity index (χ3v) is 3.55. The molecule has 2 heterocycles. The van der Waals surface area contributed by atoms with Crippen molar-refractivity contribution in [2.75, 3.05) is 18.5 Å². The first-order chi connectivity index (χ1) is 8.58. The molecule has 1 aromatic heterocycles. The van der Waals surface area contributed by atoms with Gasteiger partial charge in [0, 0.05) is 29.2 Å². The molecule has 5 nitrogen and oxygen atoms in total. The lowest BCUT2D eigenvalue weighted by atomic mass is 10.0. The van der Waals surface area contributed by atoms with Crippen molar-refractivity contribution in [2.24, 2.45) is 5.92 Å². The van der Waals surface area contributed by atoms with Gasteiger partial charge in [-0.2, -0.15) is 0 Å². The van der Waals surface area contributed by atoms with E-state index in [-0.39, 0.29) is 11.6 Å². The number of carboxylic acids is 1. The molecule has 0 amide bonds. The fraction of sp³-hybridized carbons (Fsp3) is 0.500. The van der Waals surface area contributed by atoms with E-state index in [4.69, 9.17) is 9.84 Å². The summed E-state index contributed by atoms with van der Waals surface area (Å²) in [5.74, 6) is -0.177. The van der Waals surface area contributed by atoms with E-state index in [0.29, 0.717) is 22.8 Å². The van der Waals surface area contributed by atoms with Crippen LogP contribution in [0.2, 0.25) is 0 Å². The van der Waals surface area contributed by atoms with Crippen LogP contribution in [-0.4, -0.2) is 35.3 Å². The predicted molar refractivity (Wildman–Crippen MR) is 70.9 cm³/mol. The number of nitrogens with zero attached hydrogens (tertiary/aromatic N) is 1. The number of rotatable bonds is 4. The summed E-state index contributed by atoms with van der Waals surface area (Å²) in [5.41, 5.74) is 0.176. The van der Waals surface area contributed by atoms with Crippen LogP contribution in [0.4, 0.5) is 5.82 Å². The molecular weight excluding hydrogens is 300 g/mol. The first kappa shape index (κ1) is 13.3. The highest BCUT2D eigenvalue weighted by Gasteiger charge is 2.24. The van der Waals surface area contributed by atoms with Gasteiger partial charge in [0.2, 0.25) is 0 Å². The zero-order valence-corrected chi connectivity index (χ0v) is 11.6. The number of halogens is 1. The first-order valence-corrected chi connectivity index (χ1v) is 6.60. The molecule has 18 heavy (non-hydrogen) atoms. The maximum absolute atomic E-state index is 11.2. The third kappa shape index (κ3) is 3.00. The van der Waals surface area contributed by atoms with E-state index in [1.807, 2.05) is 6.92 Å². The maximum atomic E-state index is 11.2. The van der Waals surface area contributed by atoms with Crippen LogP contribution in [0.15, 0.2) is 16.7 Å². The molecule has 2 unspecified atom stereocenters. The Labute approximate surface area is 114 Å². The van der Waals surface area contributed by atoms with E-state index in [1.165, 1.54) is 0 Å². The van der Waals surface area contributed by atoms with Crippen LogP contribution in [0.5, 0.6) is 0 Å². The monoisotopic (exact) mass is 314 g/mol. The Bertz CT molecular complexity index is 447. The minimum Gasteiger partial charge on any atom is -0.478 e. The lowest BCUT2D eigenvalue weighted by Gasteiger charge is -2.20. The van der Waals surface area contributed by atoms with E-state index in [1.54, 1.807) is 12.3 Å². The zero-order valence-electron chi connectivity index (χ0n) is 10.0. The first-order valence-electron chi connectivity index (χ1n) is 5.81. The largest absolute Gasteiger partial charge is 0.478 e. The van der Waals surface area contributed by atoms with E-state index < -0.39 is 5.97 Å². The van der Waals surface area contributed by atoms with E-state index >= 15 is 0 Å². The Morgan fingerprint density at radius 1 is 1.72 bits per heavy atom. The van der Waals surface area contributed by atoms with E-state index in [2.05, 4.69) is 26.2 Å². The van der Waals surface area contributed by atoms with E-state index in [9.17, 15) is 4.79 Å². The second-order valence-electron chi connectivity index (χ2n) is 4.41. The number of anilines is 1. The molecule has 2 rings (SSSR count). The SMILES string of the molecule is CC(Nc1ncc(Br)cc1C(=O)O)C1CCOC1. The second-order valence-corrected chi connectivity index (χ2v) is 5.33. The van der Waals surface area contributed by atoms with Crippen molar-refractivity contribution in [3.8, 4) is 0 Å². The van der Waals surface area contributed by atoms with Crippen LogP contribution < -0.4 is 5.32 Å². The average Bonchev–Trinajstić information content (AvgIpc) is 2.84. The van der Waals surface area contributed by atoms with Gasteiger partial charge in [-0.25, -0.2) is 9.78 Å². The van der Waals surface area contributed by atoms with Gasteiger partial charge in [-0.1, -0.05) is 0 Å². The smallest absolute Gasteiger partial charge is 0.339 e. The number of nitrogens with one attached hydrogen (secondary N) is 1. The highest BCUT2D eigenvalue weighted by Crippen LogP contribution is 2.23. The molecule has 1 aliphatic heterocycles. The van der Waals surface area contributed by atoms with Gasteiger partial charge in [0.15, 0.2) is 0 Å². The van der Waals surface area contributed by atoms with Crippen molar-refractivity contribution in [2.45, 2.75) is 19.4 Å². The highest BCUT2D eigenvalue weighted by atomic mass is 79.9. The van der Waals surface area contributed by atoms with Gasteiger partial charge in [-0.3, -0.25) is 0 Å². The number of carbonyl (C=O) groups is 1. The summed E-state index contributed by atoms with van der Waals surface area (Å²) in [6, 6.07) is 1.69. The average molecular weight is 315 g/mol. The van der Waals surface area contributed by atoms with Crippen LogP contribution in [0.3, 0.4) is 0 Å². The molecule has 2 N–H and O–H groups in total. The molecule has 0 bridgehead atoms. The van der Waals surface area contributed by atoms with Gasteiger partial charge in [0.1, 0.15) is 11.4 Å². The predicted octanol–water partition coefficient (Wildman–Crippen LogP) is 2.38. The number of aromatic nitrogens is 1. The van der Waals surface area contributed by atoms with Crippen LogP contribution in [0.1, 0.15) is 23.7 Å². The normalized spacial score (nSPS) is 20.7. The fourth-order valence-corrected chi connectivity index (χ4v) is 2.33. The van der Waals surface area contributed by atoms with Crippen LogP contribution in [0, 0.1) is 5.92 Å². The molecule has 1 saturated heterocycles. The number of pyridine rings is 1. The fourth-order valence-electron chi connectivity index (χ4n) is 2.00. The minimum absolute atomic E-state index is 0.138. The zero-order chi connectivity index (χ0) is 13.1. The van der Waals surface area contributed by atoms with Crippen LogP contribution >= 0.6 is 15.9 Å². The number of ether oxygens (including phenoxy) is 1. The van der Waals surface area contributed by atoms with Gasteiger partial charge >= 0.3 is 5.97 Å².